The minimum absolute atomic E-state index is 0. The van der Waals surface area contributed by atoms with E-state index >= 15 is 0 Å². The standard InChI is InChI=1S/C7H7BrN2.ClH/c8-7-5-1-3-9-6(5)2-4-10-7;/h2,4,9H,1,3H2;1H. The zero-order valence-electron chi connectivity index (χ0n) is 5.80. The predicted octanol–water partition coefficient (Wildman–Crippen LogP) is 2.23. The Hall–Kier alpha value is -0.280. The summed E-state index contributed by atoms with van der Waals surface area (Å²) in [4.78, 5) is 4.13. The van der Waals surface area contributed by atoms with Gasteiger partial charge in [-0.3, -0.25) is 0 Å². The smallest absolute Gasteiger partial charge is 0.111 e. The van der Waals surface area contributed by atoms with Gasteiger partial charge in [0.05, 0.1) is 0 Å². The van der Waals surface area contributed by atoms with Crippen LogP contribution in [0.4, 0.5) is 5.69 Å². The van der Waals surface area contributed by atoms with Gasteiger partial charge in [-0.15, -0.1) is 12.4 Å². The van der Waals surface area contributed by atoms with E-state index in [-0.39, 0.29) is 12.4 Å². The number of anilines is 1. The van der Waals surface area contributed by atoms with Crippen molar-refractivity contribution in [2.24, 2.45) is 0 Å². The summed E-state index contributed by atoms with van der Waals surface area (Å²) < 4.78 is 0.981. The molecule has 1 aliphatic rings. The number of nitrogens with zero attached hydrogens (tertiary/aromatic N) is 1. The summed E-state index contributed by atoms with van der Waals surface area (Å²) in [5.41, 5.74) is 2.53. The lowest BCUT2D eigenvalue weighted by atomic mass is 10.2. The van der Waals surface area contributed by atoms with Crippen LogP contribution in [-0.2, 0) is 6.42 Å². The van der Waals surface area contributed by atoms with E-state index in [1.165, 1.54) is 11.3 Å². The Morgan fingerprint density at radius 1 is 1.55 bits per heavy atom. The van der Waals surface area contributed by atoms with Crippen LogP contribution in [0.3, 0.4) is 0 Å². The van der Waals surface area contributed by atoms with Crippen molar-refractivity contribution in [2.45, 2.75) is 6.42 Å². The SMILES string of the molecule is Brc1nccc2c1CCN2.Cl. The van der Waals surface area contributed by atoms with Gasteiger partial charge >= 0.3 is 0 Å². The third kappa shape index (κ3) is 1.49. The molecule has 0 saturated carbocycles. The highest BCUT2D eigenvalue weighted by atomic mass is 79.9. The van der Waals surface area contributed by atoms with Crippen LogP contribution in [0.15, 0.2) is 16.9 Å². The highest BCUT2D eigenvalue weighted by molar-refractivity contribution is 9.10. The van der Waals surface area contributed by atoms with Crippen LogP contribution < -0.4 is 5.32 Å². The predicted molar refractivity (Wildman–Crippen MR) is 51.4 cm³/mol. The molecule has 0 bridgehead atoms. The van der Waals surface area contributed by atoms with Gasteiger partial charge in [0.1, 0.15) is 4.60 Å². The van der Waals surface area contributed by atoms with E-state index in [9.17, 15) is 0 Å². The minimum atomic E-state index is 0. The summed E-state index contributed by atoms with van der Waals surface area (Å²) in [6.07, 6.45) is 2.89. The maximum absolute atomic E-state index is 4.13. The van der Waals surface area contributed by atoms with Gasteiger partial charge in [-0.1, -0.05) is 0 Å². The molecule has 1 aromatic heterocycles. The van der Waals surface area contributed by atoms with E-state index in [1.807, 2.05) is 6.07 Å². The monoisotopic (exact) mass is 234 g/mol. The van der Waals surface area contributed by atoms with E-state index < -0.39 is 0 Å². The molecule has 11 heavy (non-hydrogen) atoms. The molecule has 2 rings (SSSR count). The van der Waals surface area contributed by atoms with Crippen LogP contribution in [0, 0.1) is 0 Å². The molecule has 0 radical (unpaired) electrons. The summed E-state index contributed by atoms with van der Waals surface area (Å²) in [6.45, 7) is 1.04. The van der Waals surface area contributed by atoms with Crippen LogP contribution >= 0.6 is 28.3 Å². The molecule has 0 aromatic carbocycles. The summed E-state index contributed by atoms with van der Waals surface area (Å²) >= 11 is 3.40. The van der Waals surface area contributed by atoms with Crippen molar-refractivity contribution in [3.05, 3.63) is 22.4 Å². The summed E-state index contributed by atoms with van der Waals surface area (Å²) in [6, 6.07) is 2.01. The Balaban J connectivity index is 0.000000605. The van der Waals surface area contributed by atoms with Crippen molar-refractivity contribution in [3.63, 3.8) is 0 Å². The van der Waals surface area contributed by atoms with Gasteiger partial charge in [0, 0.05) is 24.0 Å². The zero-order valence-corrected chi connectivity index (χ0v) is 8.20. The summed E-state index contributed by atoms with van der Waals surface area (Å²) in [5, 5.41) is 3.27. The molecule has 4 heteroatoms. The van der Waals surface area contributed by atoms with Crippen molar-refractivity contribution >= 4 is 34.0 Å². The van der Waals surface area contributed by atoms with E-state index in [0.29, 0.717) is 0 Å². The maximum Gasteiger partial charge on any atom is 0.111 e. The Morgan fingerprint density at radius 2 is 2.36 bits per heavy atom. The maximum atomic E-state index is 4.13. The molecule has 60 valence electrons. The lowest BCUT2D eigenvalue weighted by Crippen LogP contribution is -1.90. The lowest BCUT2D eigenvalue weighted by Gasteiger charge is -1.98. The highest BCUT2D eigenvalue weighted by Crippen LogP contribution is 2.26. The van der Waals surface area contributed by atoms with Crippen LogP contribution in [0.2, 0.25) is 0 Å². The first-order chi connectivity index (χ1) is 4.88. The van der Waals surface area contributed by atoms with Crippen molar-refractivity contribution < 1.29 is 0 Å². The molecule has 0 atom stereocenters. The van der Waals surface area contributed by atoms with Crippen molar-refractivity contribution in [2.75, 3.05) is 11.9 Å². The summed E-state index contributed by atoms with van der Waals surface area (Å²) in [7, 11) is 0. The van der Waals surface area contributed by atoms with Crippen LogP contribution in [0.25, 0.3) is 0 Å². The average molecular weight is 236 g/mol. The molecule has 0 saturated heterocycles. The van der Waals surface area contributed by atoms with E-state index in [1.54, 1.807) is 6.20 Å². The molecule has 0 spiro atoms. The van der Waals surface area contributed by atoms with Gasteiger partial charge in [0.25, 0.3) is 0 Å². The van der Waals surface area contributed by atoms with Gasteiger partial charge in [0.2, 0.25) is 0 Å². The largest absolute Gasteiger partial charge is 0.384 e. The fourth-order valence-corrected chi connectivity index (χ4v) is 1.72. The number of hydrogen-bond acceptors (Lipinski definition) is 2. The number of hydrogen-bond donors (Lipinski definition) is 1. The lowest BCUT2D eigenvalue weighted by molar-refractivity contribution is 1.08. The second-order valence-corrected chi connectivity index (χ2v) is 3.06. The van der Waals surface area contributed by atoms with E-state index in [2.05, 4.69) is 26.2 Å². The van der Waals surface area contributed by atoms with Gasteiger partial charge in [-0.2, -0.15) is 0 Å². The number of halogens is 2. The van der Waals surface area contributed by atoms with Crippen LogP contribution in [0.5, 0.6) is 0 Å². The molecule has 1 aromatic rings. The molecule has 2 heterocycles. The fraction of sp³-hybridized carbons (Fsp3) is 0.286. The Labute approximate surface area is 79.9 Å². The normalized spacial score (nSPS) is 13.2. The Kier molecular flexibility index (Phi) is 2.73. The van der Waals surface area contributed by atoms with Crippen molar-refractivity contribution in [3.8, 4) is 0 Å². The van der Waals surface area contributed by atoms with Gasteiger partial charge in [0.15, 0.2) is 0 Å². The number of nitrogens with one attached hydrogen (secondary N) is 1. The minimum Gasteiger partial charge on any atom is -0.384 e. The number of fused-ring (bicyclic) bond motifs is 1. The second kappa shape index (κ2) is 3.41. The molecule has 0 fully saturated rings. The van der Waals surface area contributed by atoms with Gasteiger partial charge in [-0.25, -0.2) is 4.98 Å². The third-order valence-corrected chi connectivity index (χ3v) is 2.38. The number of pyridine rings is 1. The molecule has 0 aliphatic carbocycles. The average Bonchev–Trinajstić information content (AvgIpc) is 2.36. The zero-order chi connectivity index (χ0) is 6.97. The van der Waals surface area contributed by atoms with E-state index in [0.717, 1.165) is 17.6 Å². The van der Waals surface area contributed by atoms with Gasteiger partial charge in [-0.05, 0) is 28.4 Å². The topological polar surface area (TPSA) is 24.9 Å². The third-order valence-electron chi connectivity index (χ3n) is 1.69. The van der Waals surface area contributed by atoms with Crippen molar-refractivity contribution in [1.29, 1.82) is 0 Å². The molecular formula is C7H8BrClN2. The quantitative estimate of drug-likeness (QED) is 0.698. The van der Waals surface area contributed by atoms with E-state index in [4.69, 9.17) is 0 Å². The number of rotatable bonds is 0. The Morgan fingerprint density at radius 3 is 3.09 bits per heavy atom. The van der Waals surface area contributed by atoms with Crippen LogP contribution in [-0.4, -0.2) is 11.5 Å². The first-order valence-electron chi connectivity index (χ1n) is 3.25. The molecule has 2 nitrogen and oxygen atoms in total. The molecule has 1 aliphatic heterocycles. The highest BCUT2D eigenvalue weighted by Gasteiger charge is 2.12. The second-order valence-electron chi connectivity index (χ2n) is 2.30. The molecular weight excluding hydrogens is 227 g/mol. The molecule has 1 N–H and O–H groups in total. The first kappa shape index (κ1) is 8.81. The van der Waals surface area contributed by atoms with Crippen molar-refractivity contribution in [1.82, 2.24) is 4.98 Å². The molecule has 0 amide bonds. The van der Waals surface area contributed by atoms with Crippen LogP contribution in [0.1, 0.15) is 5.56 Å². The number of aromatic nitrogens is 1. The van der Waals surface area contributed by atoms with Gasteiger partial charge < -0.3 is 5.32 Å². The fourth-order valence-electron chi connectivity index (χ4n) is 1.19. The molecule has 0 unspecified atom stereocenters. The Bertz CT molecular complexity index is 265. The first-order valence-corrected chi connectivity index (χ1v) is 4.04. The summed E-state index contributed by atoms with van der Waals surface area (Å²) in [5.74, 6) is 0.